The normalized spacial score (nSPS) is 12.1. The van der Waals surface area contributed by atoms with E-state index in [4.69, 9.17) is 16.1 Å². The van der Waals surface area contributed by atoms with E-state index in [2.05, 4.69) is 22.0 Å². The van der Waals surface area contributed by atoms with Gasteiger partial charge in [0, 0.05) is 17.1 Å². The Bertz CT molecular complexity index is 360. The number of nitriles is 1. The van der Waals surface area contributed by atoms with Crippen LogP contribution in [0.15, 0.2) is 22.7 Å². The van der Waals surface area contributed by atoms with E-state index in [9.17, 15) is 0 Å². The molecule has 0 spiro atoms. The zero-order chi connectivity index (χ0) is 10.6. The summed E-state index contributed by atoms with van der Waals surface area (Å²) in [5, 5.41) is 17.4. The number of hydrogen-bond acceptors (Lipinski definition) is 3. The summed E-state index contributed by atoms with van der Waals surface area (Å²) < 4.78 is 0.742. The summed E-state index contributed by atoms with van der Waals surface area (Å²) in [6, 6.07) is 7.23. The predicted octanol–water partition coefficient (Wildman–Crippen LogP) is 1.70. The molecule has 0 aliphatic carbocycles. The standard InChI is InChI=1S/C10H11BrN2O/c11-9-5-7(10(13)3-4-14)1-2-8(9)6-12/h1-2,5,10,14H,3-4,13H2/t10-/m1/s1. The first kappa shape index (κ1) is 11.2. The number of rotatable bonds is 3. The fourth-order valence-electron chi connectivity index (χ4n) is 1.16. The average molecular weight is 255 g/mol. The summed E-state index contributed by atoms with van der Waals surface area (Å²) in [5.41, 5.74) is 7.31. The minimum absolute atomic E-state index is 0.0682. The first-order valence-corrected chi connectivity index (χ1v) is 5.04. The largest absolute Gasteiger partial charge is 0.396 e. The van der Waals surface area contributed by atoms with Crippen molar-refractivity contribution in [2.24, 2.45) is 5.73 Å². The smallest absolute Gasteiger partial charge is 0.100 e. The molecule has 3 N–H and O–H groups in total. The molecule has 1 aromatic rings. The van der Waals surface area contributed by atoms with E-state index in [1.54, 1.807) is 6.07 Å². The third kappa shape index (κ3) is 2.55. The van der Waals surface area contributed by atoms with Crippen LogP contribution in [0.5, 0.6) is 0 Å². The van der Waals surface area contributed by atoms with E-state index < -0.39 is 0 Å². The SMILES string of the molecule is N#Cc1ccc([C@H](N)CCO)cc1Br. The summed E-state index contributed by atoms with van der Waals surface area (Å²) in [5.74, 6) is 0. The van der Waals surface area contributed by atoms with Gasteiger partial charge in [-0.1, -0.05) is 6.07 Å². The van der Waals surface area contributed by atoms with Gasteiger partial charge in [0.15, 0.2) is 0 Å². The maximum Gasteiger partial charge on any atom is 0.100 e. The van der Waals surface area contributed by atoms with Crippen molar-refractivity contribution in [3.05, 3.63) is 33.8 Å². The molecule has 0 aliphatic heterocycles. The molecule has 0 aliphatic rings. The molecule has 0 saturated carbocycles. The third-order valence-corrected chi connectivity index (χ3v) is 2.64. The highest BCUT2D eigenvalue weighted by molar-refractivity contribution is 9.10. The van der Waals surface area contributed by atoms with Crippen molar-refractivity contribution in [1.82, 2.24) is 0 Å². The Morgan fingerprint density at radius 3 is 2.79 bits per heavy atom. The van der Waals surface area contributed by atoms with Gasteiger partial charge in [0.1, 0.15) is 6.07 Å². The molecule has 0 fully saturated rings. The second kappa shape index (κ2) is 5.11. The van der Waals surface area contributed by atoms with Gasteiger partial charge in [0.2, 0.25) is 0 Å². The van der Waals surface area contributed by atoms with Gasteiger partial charge in [-0.25, -0.2) is 0 Å². The van der Waals surface area contributed by atoms with Crippen molar-refractivity contribution >= 4 is 15.9 Å². The molecule has 0 radical (unpaired) electrons. The quantitative estimate of drug-likeness (QED) is 0.863. The van der Waals surface area contributed by atoms with Gasteiger partial charge in [-0.05, 0) is 40.0 Å². The lowest BCUT2D eigenvalue weighted by Crippen LogP contribution is -2.11. The highest BCUT2D eigenvalue weighted by Gasteiger charge is 2.07. The Hall–Kier alpha value is -0.890. The molecule has 3 nitrogen and oxygen atoms in total. The van der Waals surface area contributed by atoms with Gasteiger partial charge < -0.3 is 10.8 Å². The van der Waals surface area contributed by atoms with Gasteiger partial charge in [0.25, 0.3) is 0 Å². The van der Waals surface area contributed by atoms with Crippen molar-refractivity contribution in [2.75, 3.05) is 6.61 Å². The van der Waals surface area contributed by atoms with Crippen molar-refractivity contribution in [3.8, 4) is 6.07 Å². The van der Waals surface area contributed by atoms with Crippen molar-refractivity contribution in [1.29, 1.82) is 5.26 Å². The lowest BCUT2D eigenvalue weighted by Gasteiger charge is -2.10. The molecule has 1 aromatic carbocycles. The molecule has 0 saturated heterocycles. The molecule has 4 heteroatoms. The highest BCUT2D eigenvalue weighted by Crippen LogP contribution is 2.22. The van der Waals surface area contributed by atoms with Crippen LogP contribution in [-0.2, 0) is 0 Å². The zero-order valence-corrected chi connectivity index (χ0v) is 9.16. The lowest BCUT2D eigenvalue weighted by atomic mass is 10.0. The number of benzene rings is 1. The molecular formula is C10H11BrN2O. The fraction of sp³-hybridized carbons (Fsp3) is 0.300. The van der Waals surface area contributed by atoms with Gasteiger partial charge in [-0.15, -0.1) is 0 Å². The fourth-order valence-corrected chi connectivity index (χ4v) is 1.64. The number of aliphatic hydroxyl groups is 1. The number of hydrogen-bond donors (Lipinski definition) is 2. The Labute approximate surface area is 91.3 Å². The molecule has 74 valence electrons. The van der Waals surface area contributed by atoms with E-state index in [0.29, 0.717) is 12.0 Å². The summed E-state index contributed by atoms with van der Waals surface area (Å²) in [6.07, 6.45) is 0.526. The third-order valence-electron chi connectivity index (χ3n) is 1.98. The Morgan fingerprint density at radius 1 is 1.57 bits per heavy atom. The van der Waals surface area contributed by atoms with Crippen LogP contribution in [0.1, 0.15) is 23.6 Å². The second-order valence-electron chi connectivity index (χ2n) is 2.97. The van der Waals surface area contributed by atoms with Gasteiger partial charge in [0.05, 0.1) is 5.56 Å². The molecule has 0 amide bonds. The van der Waals surface area contributed by atoms with E-state index in [1.165, 1.54) is 0 Å². The predicted molar refractivity (Wildman–Crippen MR) is 57.5 cm³/mol. The molecule has 1 rings (SSSR count). The number of nitrogens with two attached hydrogens (primary N) is 1. The molecule has 0 unspecified atom stereocenters. The molecule has 14 heavy (non-hydrogen) atoms. The number of halogens is 1. The van der Waals surface area contributed by atoms with Crippen LogP contribution in [-0.4, -0.2) is 11.7 Å². The summed E-state index contributed by atoms with van der Waals surface area (Å²) in [7, 11) is 0. The van der Waals surface area contributed by atoms with Gasteiger partial charge >= 0.3 is 0 Å². The summed E-state index contributed by atoms with van der Waals surface area (Å²) in [4.78, 5) is 0. The minimum Gasteiger partial charge on any atom is -0.396 e. The topological polar surface area (TPSA) is 70.0 Å². The van der Waals surface area contributed by atoms with E-state index in [1.807, 2.05) is 12.1 Å². The number of nitrogens with zero attached hydrogens (tertiary/aromatic N) is 1. The monoisotopic (exact) mass is 254 g/mol. The Balaban J connectivity index is 2.92. The van der Waals surface area contributed by atoms with Crippen molar-refractivity contribution < 1.29 is 5.11 Å². The number of aliphatic hydroxyl groups excluding tert-OH is 1. The Morgan fingerprint density at radius 2 is 2.29 bits per heavy atom. The van der Waals surface area contributed by atoms with Crippen LogP contribution in [0.2, 0.25) is 0 Å². The van der Waals surface area contributed by atoms with Crippen LogP contribution in [0.3, 0.4) is 0 Å². The molecule has 1 atom stereocenters. The van der Waals surface area contributed by atoms with Crippen LogP contribution >= 0.6 is 15.9 Å². The highest BCUT2D eigenvalue weighted by atomic mass is 79.9. The molecule has 0 bridgehead atoms. The first-order valence-electron chi connectivity index (χ1n) is 4.25. The van der Waals surface area contributed by atoms with Crippen LogP contribution in [0.4, 0.5) is 0 Å². The maximum absolute atomic E-state index is 8.72. The Kier molecular flexibility index (Phi) is 4.08. The zero-order valence-electron chi connectivity index (χ0n) is 7.57. The van der Waals surface area contributed by atoms with Crippen LogP contribution < -0.4 is 5.73 Å². The lowest BCUT2D eigenvalue weighted by molar-refractivity contribution is 0.276. The molecule has 0 aromatic heterocycles. The van der Waals surface area contributed by atoms with Crippen LogP contribution in [0.25, 0.3) is 0 Å². The van der Waals surface area contributed by atoms with E-state index in [-0.39, 0.29) is 12.6 Å². The van der Waals surface area contributed by atoms with Crippen molar-refractivity contribution in [3.63, 3.8) is 0 Å². The van der Waals surface area contributed by atoms with E-state index >= 15 is 0 Å². The second-order valence-corrected chi connectivity index (χ2v) is 3.82. The van der Waals surface area contributed by atoms with Gasteiger partial charge in [-0.2, -0.15) is 5.26 Å². The van der Waals surface area contributed by atoms with E-state index in [0.717, 1.165) is 10.0 Å². The van der Waals surface area contributed by atoms with Crippen molar-refractivity contribution in [2.45, 2.75) is 12.5 Å². The molecule has 0 heterocycles. The van der Waals surface area contributed by atoms with Gasteiger partial charge in [-0.3, -0.25) is 0 Å². The minimum atomic E-state index is -0.177. The maximum atomic E-state index is 8.72. The first-order chi connectivity index (χ1) is 6.69. The average Bonchev–Trinajstić information content (AvgIpc) is 2.18. The summed E-state index contributed by atoms with van der Waals surface area (Å²) in [6.45, 7) is 0.0682. The van der Waals surface area contributed by atoms with Crippen LogP contribution in [0, 0.1) is 11.3 Å². The summed E-state index contributed by atoms with van der Waals surface area (Å²) >= 11 is 3.29. The molecular weight excluding hydrogens is 244 g/mol.